The van der Waals surface area contributed by atoms with Crippen molar-refractivity contribution in [2.24, 2.45) is 0 Å². The molecule has 4 aromatic rings. The van der Waals surface area contributed by atoms with Crippen molar-refractivity contribution in [3.8, 4) is 5.75 Å². The molecule has 1 aromatic heterocycles. The number of hydrogen-bond acceptors (Lipinski definition) is 4. The third-order valence-corrected chi connectivity index (χ3v) is 5.93. The summed E-state index contributed by atoms with van der Waals surface area (Å²) in [5.74, 6) is -0.503. The Kier molecular flexibility index (Phi) is 5.13. The van der Waals surface area contributed by atoms with Crippen molar-refractivity contribution < 1.29 is 27.1 Å². The fraction of sp³-hybridized carbons (Fsp3) is 0.120. The number of carbonyl (C=O) groups is 1. The topological polar surface area (TPSA) is 59.8 Å². The van der Waals surface area contributed by atoms with Gasteiger partial charge in [0.05, 0.1) is 29.7 Å². The van der Waals surface area contributed by atoms with Crippen LogP contribution in [0.3, 0.4) is 0 Å². The molecule has 1 amide bonds. The number of rotatable bonds is 3. The zero-order valence-electron chi connectivity index (χ0n) is 17.5. The van der Waals surface area contributed by atoms with E-state index < -0.39 is 29.1 Å². The number of ether oxygens (including phenoxy) is 1. The molecular formula is C25H15ClF3NO4. The van der Waals surface area contributed by atoms with Crippen molar-refractivity contribution in [1.82, 2.24) is 0 Å². The van der Waals surface area contributed by atoms with E-state index in [1.165, 1.54) is 37.4 Å². The van der Waals surface area contributed by atoms with Gasteiger partial charge < -0.3 is 9.15 Å². The molecule has 1 aliphatic heterocycles. The lowest BCUT2D eigenvalue weighted by atomic mass is 9.98. The Labute approximate surface area is 195 Å². The van der Waals surface area contributed by atoms with E-state index in [1.54, 1.807) is 24.3 Å². The van der Waals surface area contributed by atoms with Crippen LogP contribution in [-0.2, 0) is 6.18 Å². The summed E-state index contributed by atoms with van der Waals surface area (Å²) in [6, 6.07) is 14.4. The Morgan fingerprint density at radius 2 is 1.76 bits per heavy atom. The van der Waals surface area contributed by atoms with Crippen LogP contribution < -0.4 is 15.1 Å². The van der Waals surface area contributed by atoms with Gasteiger partial charge in [-0.3, -0.25) is 14.5 Å². The number of nitrogens with zero attached hydrogens (tertiary/aromatic N) is 1. The highest BCUT2D eigenvalue weighted by Gasteiger charge is 2.44. The standard InChI is InChI=1S/C25H15ClF3NO4/c1-33-17-7-2-4-13(10-17)21-20-22(31)18-12-15(26)8-9-19(18)34-23(20)24(32)30(21)16-6-3-5-14(11-16)25(27,28)29/h2-12,21H,1H3. The maximum Gasteiger partial charge on any atom is 0.416 e. The predicted molar refractivity (Wildman–Crippen MR) is 121 cm³/mol. The van der Waals surface area contributed by atoms with E-state index in [9.17, 15) is 22.8 Å². The second-order valence-corrected chi connectivity index (χ2v) is 8.15. The minimum absolute atomic E-state index is 0.0189. The Morgan fingerprint density at radius 3 is 2.50 bits per heavy atom. The molecule has 0 radical (unpaired) electrons. The zero-order valence-corrected chi connectivity index (χ0v) is 18.3. The number of hydrogen-bond donors (Lipinski definition) is 0. The molecule has 34 heavy (non-hydrogen) atoms. The van der Waals surface area contributed by atoms with Crippen LogP contribution in [0.15, 0.2) is 75.9 Å². The van der Waals surface area contributed by atoms with E-state index in [2.05, 4.69) is 0 Å². The fourth-order valence-corrected chi connectivity index (χ4v) is 4.34. The fourth-order valence-electron chi connectivity index (χ4n) is 4.17. The van der Waals surface area contributed by atoms with E-state index in [1.807, 2.05) is 0 Å². The van der Waals surface area contributed by atoms with Gasteiger partial charge in [0.1, 0.15) is 11.3 Å². The lowest BCUT2D eigenvalue weighted by molar-refractivity contribution is -0.137. The van der Waals surface area contributed by atoms with Crippen LogP contribution in [0.5, 0.6) is 5.75 Å². The van der Waals surface area contributed by atoms with Gasteiger partial charge in [0, 0.05) is 10.7 Å². The molecule has 1 aliphatic rings. The average molecular weight is 486 g/mol. The largest absolute Gasteiger partial charge is 0.497 e. The van der Waals surface area contributed by atoms with Crippen molar-refractivity contribution in [2.45, 2.75) is 12.2 Å². The van der Waals surface area contributed by atoms with Crippen molar-refractivity contribution in [3.05, 3.63) is 104 Å². The molecule has 0 bridgehead atoms. The van der Waals surface area contributed by atoms with Crippen molar-refractivity contribution >= 4 is 34.2 Å². The summed E-state index contributed by atoms with van der Waals surface area (Å²) >= 11 is 6.07. The van der Waals surface area contributed by atoms with Crippen molar-refractivity contribution in [3.63, 3.8) is 0 Å². The van der Waals surface area contributed by atoms with E-state index in [0.717, 1.165) is 17.0 Å². The van der Waals surface area contributed by atoms with Crippen molar-refractivity contribution in [1.29, 1.82) is 0 Å². The molecule has 0 saturated heterocycles. The van der Waals surface area contributed by atoms with E-state index in [0.29, 0.717) is 16.3 Å². The van der Waals surface area contributed by atoms with Gasteiger partial charge in [-0.25, -0.2) is 0 Å². The van der Waals surface area contributed by atoms with Crippen LogP contribution in [0, 0.1) is 0 Å². The highest BCUT2D eigenvalue weighted by Crippen LogP contribution is 2.43. The van der Waals surface area contributed by atoms with E-state index >= 15 is 0 Å². The maximum atomic E-state index is 13.6. The molecule has 0 fully saturated rings. The molecule has 5 rings (SSSR count). The maximum absolute atomic E-state index is 13.6. The van der Waals surface area contributed by atoms with Crippen LogP contribution in [-0.4, -0.2) is 13.0 Å². The average Bonchev–Trinajstić information content (AvgIpc) is 3.12. The molecule has 172 valence electrons. The number of fused-ring (bicyclic) bond motifs is 2. The first-order valence-corrected chi connectivity index (χ1v) is 10.5. The molecular weight excluding hydrogens is 471 g/mol. The molecule has 0 saturated carbocycles. The number of alkyl halides is 3. The first kappa shape index (κ1) is 22.0. The van der Waals surface area contributed by atoms with Gasteiger partial charge in [-0.05, 0) is 54.1 Å². The molecule has 3 aromatic carbocycles. The normalized spacial score (nSPS) is 15.6. The molecule has 0 N–H and O–H groups in total. The van der Waals surface area contributed by atoms with Crippen molar-refractivity contribution in [2.75, 3.05) is 12.0 Å². The van der Waals surface area contributed by atoms with E-state index in [4.69, 9.17) is 20.8 Å². The van der Waals surface area contributed by atoms with Crippen LogP contribution in [0.4, 0.5) is 18.9 Å². The van der Waals surface area contributed by atoms with Gasteiger partial charge in [-0.15, -0.1) is 0 Å². The number of anilines is 1. The summed E-state index contributed by atoms with van der Waals surface area (Å²) in [7, 11) is 1.46. The quantitative estimate of drug-likeness (QED) is 0.345. The number of benzene rings is 3. The Hall–Kier alpha value is -3.78. The molecule has 0 aliphatic carbocycles. The Bertz CT molecular complexity index is 1510. The number of halogens is 4. The predicted octanol–water partition coefficient (Wildman–Crippen LogP) is 6.22. The highest BCUT2D eigenvalue weighted by atomic mass is 35.5. The van der Waals surface area contributed by atoms with Crippen LogP contribution in [0.2, 0.25) is 5.02 Å². The number of carbonyl (C=O) groups excluding carboxylic acids is 1. The third kappa shape index (κ3) is 3.51. The smallest absolute Gasteiger partial charge is 0.416 e. The second kappa shape index (κ2) is 7.92. The minimum Gasteiger partial charge on any atom is -0.497 e. The molecule has 0 spiro atoms. The first-order chi connectivity index (χ1) is 16.2. The number of amides is 1. The highest BCUT2D eigenvalue weighted by molar-refractivity contribution is 6.31. The molecule has 1 atom stereocenters. The van der Waals surface area contributed by atoms with Gasteiger partial charge in [-0.2, -0.15) is 13.2 Å². The lowest BCUT2D eigenvalue weighted by Crippen LogP contribution is -2.29. The SMILES string of the molecule is COc1cccc(C2c3c(oc4ccc(Cl)cc4c3=O)C(=O)N2c2cccc(C(F)(F)F)c2)c1. The van der Waals surface area contributed by atoms with Gasteiger partial charge in [0.15, 0.2) is 5.43 Å². The zero-order chi connectivity index (χ0) is 24.2. The van der Waals surface area contributed by atoms with E-state index in [-0.39, 0.29) is 28.0 Å². The summed E-state index contributed by atoms with van der Waals surface area (Å²) in [5, 5.41) is 0.467. The summed E-state index contributed by atoms with van der Waals surface area (Å²) in [6.07, 6.45) is -4.61. The summed E-state index contributed by atoms with van der Waals surface area (Å²) < 4.78 is 51.4. The van der Waals surface area contributed by atoms with Crippen LogP contribution >= 0.6 is 11.6 Å². The van der Waals surface area contributed by atoms with Gasteiger partial charge in [-0.1, -0.05) is 29.8 Å². The van der Waals surface area contributed by atoms with Gasteiger partial charge in [0.2, 0.25) is 5.76 Å². The van der Waals surface area contributed by atoms with Gasteiger partial charge in [0.25, 0.3) is 5.91 Å². The third-order valence-electron chi connectivity index (χ3n) is 5.69. The first-order valence-electron chi connectivity index (χ1n) is 10.1. The van der Waals surface area contributed by atoms with Gasteiger partial charge >= 0.3 is 6.18 Å². The Morgan fingerprint density at radius 1 is 1.00 bits per heavy atom. The van der Waals surface area contributed by atoms with Crippen LogP contribution in [0.1, 0.15) is 33.3 Å². The molecule has 9 heteroatoms. The molecule has 2 heterocycles. The Balaban J connectivity index is 1.80. The summed E-state index contributed by atoms with van der Waals surface area (Å²) in [6.45, 7) is 0. The molecule has 1 unspecified atom stereocenters. The lowest BCUT2D eigenvalue weighted by Gasteiger charge is -2.26. The van der Waals surface area contributed by atoms with Crippen LogP contribution in [0.25, 0.3) is 11.0 Å². The summed E-state index contributed by atoms with van der Waals surface area (Å²) in [5.41, 5.74) is -0.802. The second-order valence-electron chi connectivity index (χ2n) is 7.72. The molecule has 5 nitrogen and oxygen atoms in total. The minimum atomic E-state index is -4.61. The monoisotopic (exact) mass is 485 g/mol. The number of methoxy groups -OCH3 is 1. The summed E-state index contributed by atoms with van der Waals surface area (Å²) in [4.78, 5) is 28.2.